The molecule has 2 aliphatic rings. The van der Waals surface area contributed by atoms with Crippen molar-refractivity contribution in [3.05, 3.63) is 27.5 Å². The Kier molecular flexibility index (Phi) is 7.59. The molecule has 0 radical (unpaired) electrons. The monoisotopic (exact) mass is 464 g/mol. The first-order chi connectivity index (χ1) is 14.1. The predicted molar refractivity (Wildman–Crippen MR) is 111 cm³/mol. The Morgan fingerprint density at radius 2 is 1.97 bits per heavy atom. The van der Waals surface area contributed by atoms with Crippen LogP contribution in [-0.2, 0) is 11.2 Å². The second-order valence-corrected chi connectivity index (χ2v) is 9.29. The number of hydrogen-bond donors (Lipinski definition) is 2. The molecule has 1 aromatic heterocycles. The molecule has 0 spiro atoms. The highest BCUT2D eigenvalue weighted by Gasteiger charge is 2.46. The van der Waals surface area contributed by atoms with Gasteiger partial charge in [0.25, 0.3) is 6.43 Å². The molecule has 30 heavy (non-hydrogen) atoms. The molecular formula is C21H28Cl2F2N2O3. The van der Waals surface area contributed by atoms with Gasteiger partial charge in [-0.2, -0.15) is 0 Å². The van der Waals surface area contributed by atoms with Crippen molar-refractivity contribution in [3.8, 4) is 0 Å². The van der Waals surface area contributed by atoms with E-state index in [2.05, 4.69) is 4.98 Å². The maximum absolute atomic E-state index is 13.1. The molecule has 9 heteroatoms. The van der Waals surface area contributed by atoms with Gasteiger partial charge in [0.15, 0.2) is 0 Å². The van der Waals surface area contributed by atoms with E-state index in [1.54, 1.807) is 4.90 Å². The molecule has 6 atom stereocenters. The van der Waals surface area contributed by atoms with Crippen LogP contribution in [0.2, 0.25) is 10.0 Å². The minimum atomic E-state index is -2.75. The third-order valence-corrected chi connectivity index (χ3v) is 7.57. The van der Waals surface area contributed by atoms with Crippen LogP contribution in [0, 0.1) is 17.8 Å². The summed E-state index contributed by atoms with van der Waals surface area (Å²) in [5.41, 5.74) is 0.699. The number of alkyl halides is 2. The molecule has 3 rings (SSSR count). The predicted octanol–water partition coefficient (Wildman–Crippen LogP) is 4.26. The summed E-state index contributed by atoms with van der Waals surface area (Å²) in [6, 6.07) is -0.125. The second kappa shape index (κ2) is 9.63. The number of aromatic nitrogens is 1. The zero-order chi connectivity index (χ0) is 22.2. The van der Waals surface area contributed by atoms with Gasteiger partial charge in [-0.1, -0.05) is 29.6 Å². The molecule has 5 nitrogen and oxygen atoms in total. The largest absolute Gasteiger partial charge is 0.387 e. The fraction of sp³-hybridized carbons (Fsp3) is 0.714. The van der Waals surface area contributed by atoms with E-state index in [1.807, 2.05) is 6.92 Å². The Hall–Kier alpha value is -1.02. The van der Waals surface area contributed by atoms with Crippen LogP contribution in [0.25, 0.3) is 0 Å². The Labute approximate surface area is 185 Å². The number of aliphatic hydroxyl groups is 2. The zero-order valence-electron chi connectivity index (χ0n) is 17.1. The van der Waals surface area contributed by atoms with Crippen LogP contribution in [0.3, 0.4) is 0 Å². The number of piperidine rings is 1. The number of carbonyl (C=O) groups is 1. The normalized spacial score (nSPS) is 28.9. The highest BCUT2D eigenvalue weighted by molar-refractivity contribution is 6.36. The highest BCUT2D eigenvalue weighted by Crippen LogP contribution is 2.45. The molecule has 2 unspecified atom stereocenters. The first kappa shape index (κ1) is 23.6. The topological polar surface area (TPSA) is 73.7 Å². The van der Waals surface area contributed by atoms with E-state index in [1.165, 1.54) is 13.1 Å². The molecule has 2 N–H and O–H groups in total. The van der Waals surface area contributed by atoms with E-state index in [0.29, 0.717) is 24.9 Å². The molecule has 2 heterocycles. The number of fused-ring (bicyclic) bond motifs is 1. The standard InChI is InChI=1S/C21H28Cl2F2N2O3/c1-10-12-4-3-5-14(20(30)21(24)25)13(12)6-7-27(10)17(29)8-15-16(22)9-26-19(11(2)28)18(15)23/h9-14,20-21,28,30H,3-8H2,1-2H3/t10-,11?,12+,13+,14+,20?/m0/s1. The van der Waals surface area contributed by atoms with Crippen LogP contribution in [0.1, 0.15) is 56.9 Å². The molecule has 1 aromatic rings. The first-order valence-electron chi connectivity index (χ1n) is 10.4. The summed E-state index contributed by atoms with van der Waals surface area (Å²) in [6.45, 7) is 3.92. The Balaban J connectivity index is 1.76. The van der Waals surface area contributed by atoms with E-state index in [0.717, 1.165) is 12.8 Å². The lowest BCUT2D eigenvalue weighted by Crippen LogP contribution is -2.55. The maximum atomic E-state index is 13.1. The number of halogens is 4. The molecule has 1 saturated carbocycles. The van der Waals surface area contributed by atoms with Gasteiger partial charge in [-0.3, -0.25) is 9.78 Å². The van der Waals surface area contributed by atoms with Gasteiger partial charge < -0.3 is 15.1 Å². The lowest BCUT2D eigenvalue weighted by Gasteiger charge is -2.50. The summed E-state index contributed by atoms with van der Waals surface area (Å²) in [5.74, 6) is -0.520. The van der Waals surface area contributed by atoms with Crippen molar-refractivity contribution in [3.63, 3.8) is 0 Å². The molecule has 1 saturated heterocycles. The van der Waals surface area contributed by atoms with Crippen molar-refractivity contribution in [1.82, 2.24) is 9.88 Å². The number of amides is 1. The van der Waals surface area contributed by atoms with E-state index in [9.17, 15) is 23.8 Å². The van der Waals surface area contributed by atoms with E-state index in [-0.39, 0.29) is 45.9 Å². The van der Waals surface area contributed by atoms with Gasteiger partial charge in [0, 0.05) is 24.3 Å². The molecule has 0 aromatic carbocycles. The van der Waals surface area contributed by atoms with Gasteiger partial charge in [0.05, 0.1) is 28.3 Å². The summed E-state index contributed by atoms with van der Waals surface area (Å²) in [6.07, 6.45) is -1.09. The van der Waals surface area contributed by atoms with Crippen molar-refractivity contribution in [2.45, 2.75) is 70.6 Å². The average molecular weight is 465 g/mol. The summed E-state index contributed by atoms with van der Waals surface area (Å²) >= 11 is 12.6. The van der Waals surface area contributed by atoms with Gasteiger partial charge in [-0.05, 0) is 50.9 Å². The van der Waals surface area contributed by atoms with Crippen LogP contribution in [-0.4, -0.2) is 51.1 Å². The molecule has 0 bridgehead atoms. The average Bonchev–Trinajstić information content (AvgIpc) is 2.70. The fourth-order valence-corrected chi connectivity index (χ4v) is 5.91. The smallest absolute Gasteiger partial charge is 0.264 e. The lowest BCUT2D eigenvalue weighted by atomic mass is 9.64. The summed E-state index contributed by atoms with van der Waals surface area (Å²) in [5, 5.41) is 20.3. The first-order valence-corrected chi connectivity index (χ1v) is 11.2. The maximum Gasteiger partial charge on any atom is 0.264 e. The van der Waals surface area contributed by atoms with Crippen LogP contribution in [0.15, 0.2) is 6.20 Å². The number of pyridine rings is 1. The molecule has 1 aliphatic heterocycles. The minimum Gasteiger partial charge on any atom is -0.387 e. The SMILES string of the molecule is CC(O)c1ncc(Cl)c(CC(=O)N2CC[C@@H]3[C@H](CCC[C@H]3C(O)C(F)F)[C@@H]2C)c1Cl. The minimum absolute atomic E-state index is 0.0169. The van der Waals surface area contributed by atoms with Gasteiger partial charge >= 0.3 is 0 Å². The van der Waals surface area contributed by atoms with Crippen molar-refractivity contribution >= 4 is 29.1 Å². The fourth-order valence-electron chi connectivity index (χ4n) is 5.27. The molecule has 1 aliphatic carbocycles. The molecule has 2 fully saturated rings. The van der Waals surface area contributed by atoms with Crippen molar-refractivity contribution in [1.29, 1.82) is 0 Å². The Morgan fingerprint density at radius 3 is 2.60 bits per heavy atom. The number of nitrogens with zero attached hydrogens (tertiary/aromatic N) is 2. The van der Waals surface area contributed by atoms with Gasteiger partial charge in [0.1, 0.15) is 6.10 Å². The lowest BCUT2D eigenvalue weighted by molar-refractivity contribution is -0.141. The van der Waals surface area contributed by atoms with Crippen LogP contribution in [0.4, 0.5) is 8.78 Å². The number of likely N-dealkylation sites (tertiary alicyclic amines) is 1. The number of rotatable bonds is 5. The van der Waals surface area contributed by atoms with Crippen LogP contribution >= 0.6 is 23.2 Å². The van der Waals surface area contributed by atoms with E-state index < -0.39 is 24.6 Å². The van der Waals surface area contributed by atoms with E-state index in [4.69, 9.17) is 23.2 Å². The second-order valence-electron chi connectivity index (χ2n) is 8.50. The Bertz CT molecular complexity index is 781. The summed E-state index contributed by atoms with van der Waals surface area (Å²) in [4.78, 5) is 18.9. The van der Waals surface area contributed by atoms with Crippen molar-refractivity contribution in [2.75, 3.05) is 6.54 Å². The van der Waals surface area contributed by atoms with Gasteiger partial charge in [-0.25, -0.2) is 8.78 Å². The highest BCUT2D eigenvalue weighted by atomic mass is 35.5. The molecular weight excluding hydrogens is 437 g/mol. The third kappa shape index (κ3) is 4.59. The molecule has 1 amide bonds. The quantitative estimate of drug-likeness (QED) is 0.682. The Morgan fingerprint density at radius 1 is 1.27 bits per heavy atom. The summed E-state index contributed by atoms with van der Waals surface area (Å²) in [7, 11) is 0. The van der Waals surface area contributed by atoms with Crippen molar-refractivity contribution < 1.29 is 23.8 Å². The zero-order valence-corrected chi connectivity index (χ0v) is 18.6. The third-order valence-electron chi connectivity index (χ3n) is 6.83. The number of carbonyl (C=O) groups excluding carboxylic acids is 1. The van der Waals surface area contributed by atoms with Gasteiger partial charge in [0.2, 0.25) is 5.91 Å². The van der Waals surface area contributed by atoms with Crippen molar-refractivity contribution in [2.24, 2.45) is 17.8 Å². The number of aliphatic hydroxyl groups excluding tert-OH is 2. The van der Waals surface area contributed by atoms with Crippen LogP contribution < -0.4 is 0 Å². The molecule has 168 valence electrons. The van der Waals surface area contributed by atoms with Gasteiger partial charge in [-0.15, -0.1) is 0 Å². The summed E-state index contributed by atoms with van der Waals surface area (Å²) < 4.78 is 26.2. The van der Waals surface area contributed by atoms with Crippen LogP contribution in [0.5, 0.6) is 0 Å². The number of hydrogen-bond acceptors (Lipinski definition) is 4. The van der Waals surface area contributed by atoms with E-state index >= 15 is 0 Å².